The fourth-order valence-corrected chi connectivity index (χ4v) is 2.31. The highest BCUT2D eigenvalue weighted by Crippen LogP contribution is 2.27. The second-order valence-corrected chi connectivity index (χ2v) is 5.71. The number of nitrogens with one attached hydrogen (secondary N) is 1. The quantitative estimate of drug-likeness (QED) is 0.340. The molecular weight excluding hydrogens is 334 g/mol. The molecule has 1 amide bonds. The minimum atomic E-state index is -0.496. The summed E-state index contributed by atoms with van der Waals surface area (Å²) in [5.41, 5.74) is 8.04. The van der Waals surface area contributed by atoms with Crippen LogP contribution in [0, 0.1) is 17.0 Å². The van der Waals surface area contributed by atoms with Gasteiger partial charge in [-0.05, 0) is 36.1 Å². The van der Waals surface area contributed by atoms with Crippen LogP contribution in [0.15, 0.2) is 48.5 Å². The molecule has 0 fully saturated rings. The van der Waals surface area contributed by atoms with Crippen LogP contribution in [0.25, 0.3) is 6.08 Å². The fraction of sp³-hybridized carbons (Fsp3) is 0.211. The van der Waals surface area contributed by atoms with Crippen LogP contribution in [-0.2, 0) is 11.3 Å². The van der Waals surface area contributed by atoms with Crippen molar-refractivity contribution < 1.29 is 14.5 Å². The number of amides is 1. The zero-order valence-electron chi connectivity index (χ0n) is 14.5. The van der Waals surface area contributed by atoms with Gasteiger partial charge in [-0.25, -0.2) is 4.79 Å². The van der Waals surface area contributed by atoms with Crippen molar-refractivity contribution in [2.45, 2.75) is 20.0 Å². The number of carbonyl (C=O) groups is 1. The number of rotatable bonds is 7. The lowest BCUT2D eigenvalue weighted by atomic mass is 10.1. The number of nitrogen functional groups attached to an aromatic ring is 1. The Morgan fingerprint density at radius 2 is 2.04 bits per heavy atom. The van der Waals surface area contributed by atoms with Crippen molar-refractivity contribution in [3.8, 4) is 0 Å². The van der Waals surface area contributed by atoms with Gasteiger partial charge in [0.2, 0.25) is 0 Å². The summed E-state index contributed by atoms with van der Waals surface area (Å²) < 4.78 is 5.10. The minimum Gasteiger partial charge on any atom is -0.445 e. The number of hydrogen-bond acceptors (Lipinski definition) is 5. The monoisotopic (exact) mass is 355 g/mol. The molecule has 0 aromatic heterocycles. The highest BCUT2D eigenvalue weighted by atomic mass is 16.6. The summed E-state index contributed by atoms with van der Waals surface area (Å²) in [6, 6.07) is 12.6. The number of aryl methyl sites for hydroxylation is 1. The summed E-state index contributed by atoms with van der Waals surface area (Å²) in [4.78, 5) is 22.1. The molecule has 0 radical (unpaired) electrons. The summed E-state index contributed by atoms with van der Waals surface area (Å²) in [6.45, 7) is 2.35. The molecule has 7 heteroatoms. The van der Waals surface area contributed by atoms with Crippen molar-refractivity contribution in [3.63, 3.8) is 0 Å². The number of alkyl carbamates (subject to hydrolysis) is 1. The predicted octanol–water partition coefficient (Wildman–Crippen LogP) is 3.82. The number of carbonyl (C=O) groups excluding carboxylic acids is 1. The van der Waals surface area contributed by atoms with Gasteiger partial charge in [-0.1, -0.05) is 42.5 Å². The van der Waals surface area contributed by atoms with E-state index in [0.717, 1.165) is 5.56 Å². The second kappa shape index (κ2) is 9.22. The summed E-state index contributed by atoms with van der Waals surface area (Å²) in [6.07, 6.45) is 3.67. The van der Waals surface area contributed by atoms with Gasteiger partial charge in [0.15, 0.2) is 0 Å². The fourth-order valence-electron chi connectivity index (χ4n) is 2.31. The van der Waals surface area contributed by atoms with Crippen molar-refractivity contribution in [2.75, 3.05) is 12.3 Å². The zero-order chi connectivity index (χ0) is 18.9. The largest absolute Gasteiger partial charge is 0.445 e. The maximum absolute atomic E-state index is 11.6. The molecule has 7 nitrogen and oxygen atoms in total. The number of nitrogens with zero attached hydrogens (tertiary/aromatic N) is 1. The highest BCUT2D eigenvalue weighted by molar-refractivity contribution is 5.69. The first-order chi connectivity index (χ1) is 12.5. The van der Waals surface area contributed by atoms with Crippen LogP contribution in [0.2, 0.25) is 0 Å². The number of nitrogens with two attached hydrogens (primary N) is 1. The molecule has 0 heterocycles. The van der Waals surface area contributed by atoms with Gasteiger partial charge < -0.3 is 15.8 Å². The van der Waals surface area contributed by atoms with Crippen molar-refractivity contribution >= 4 is 23.5 Å². The van der Waals surface area contributed by atoms with Crippen molar-refractivity contribution in [3.05, 3.63) is 75.3 Å². The van der Waals surface area contributed by atoms with Crippen LogP contribution in [0.1, 0.15) is 23.1 Å². The van der Waals surface area contributed by atoms with Crippen molar-refractivity contribution in [1.82, 2.24) is 5.32 Å². The van der Waals surface area contributed by atoms with Crippen LogP contribution in [0.3, 0.4) is 0 Å². The van der Waals surface area contributed by atoms with E-state index in [1.807, 2.05) is 36.4 Å². The van der Waals surface area contributed by atoms with E-state index in [-0.39, 0.29) is 18.0 Å². The van der Waals surface area contributed by atoms with Gasteiger partial charge in [0.1, 0.15) is 12.3 Å². The SMILES string of the molecule is Cc1cc(C=CCCNC(=O)OCc2ccccc2)cc([N+](=O)[O-])c1N. The van der Waals surface area contributed by atoms with Gasteiger partial charge >= 0.3 is 6.09 Å². The molecule has 3 N–H and O–H groups in total. The van der Waals surface area contributed by atoms with Crippen molar-refractivity contribution in [2.24, 2.45) is 0 Å². The van der Waals surface area contributed by atoms with Gasteiger partial charge in [0.05, 0.1) is 4.92 Å². The number of ether oxygens (including phenoxy) is 1. The third kappa shape index (κ3) is 5.62. The minimum absolute atomic E-state index is 0.104. The van der Waals surface area contributed by atoms with E-state index in [2.05, 4.69) is 5.32 Å². The molecule has 0 aliphatic carbocycles. The highest BCUT2D eigenvalue weighted by Gasteiger charge is 2.13. The Morgan fingerprint density at radius 1 is 1.31 bits per heavy atom. The second-order valence-electron chi connectivity index (χ2n) is 5.71. The average molecular weight is 355 g/mol. The third-order valence-electron chi connectivity index (χ3n) is 3.69. The van der Waals surface area contributed by atoms with E-state index in [1.54, 1.807) is 19.1 Å². The molecule has 136 valence electrons. The summed E-state index contributed by atoms with van der Waals surface area (Å²) in [5.74, 6) is 0. The van der Waals surface area contributed by atoms with Gasteiger partial charge in [0, 0.05) is 12.6 Å². The average Bonchev–Trinajstić information content (AvgIpc) is 2.63. The van der Waals surface area contributed by atoms with Gasteiger partial charge in [0.25, 0.3) is 5.69 Å². The Morgan fingerprint density at radius 3 is 2.73 bits per heavy atom. The Bertz CT molecular complexity index is 804. The molecule has 0 aliphatic heterocycles. The first kappa shape index (κ1) is 19.0. The molecule has 2 aromatic carbocycles. The van der Waals surface area contributed by atoms with Gasteiger partial charge in [-0.15, -0.1) is 0 Å². The molecule has 2 aromatic rings. The Hall–Kier alpha value is -3.35. The number of nitro groups is 1. The standard InChI is InChI=1S/C19H21N3O4/c1-14-11-16(12-17(18(14)20)22(24)25)9-5-6-10-21-19(23)26-13-15-7-3-2-4-8-15/h2-5,7-9,11-12H,6,10,13,20H2,1H3,(H,21,23). The van der Waals surface area contributed by atoms with Crippen LogP contribution in [-0.4, -0.2) is 17.6 Å². The summed E-state index contributed by atoms with van der Waals surface area (Å²) >= 11 is 0. The predicted molar refractivity (Wildman–Crippen MR) is 101 cm³/mol. The molecule has 0 spiro atoms. The maximum atomic E-state index is 11.6. The number of anilines is 1. The summed E-state index contributed by atoms with van der Waals surface area (Å²) in [5, 5.41) is 13.6. The van der Waals surface area contributed by atoms with E-state index >= 15 is 0 Å². The zero-order valence-corrected chi connectivity index (χ0v) is 14.5. The molecule has 0 saturated carbocycles. The van der Waals surface area contributed by atoms with Crippen LogP contribution >= 0.6 is 0 Å². The number of nitro benzene ring substituents is 1. The normalized spacial score (nSPS) is 10.7. The van der Waals surface area contributed by atoms with Gasteiger partial charge in [-0.3, -0.25) is 10.1 Å². The molecule has 0 unspecified atom stereocenters. The maximum Gasteiger partial charge on any atom is 0.407 e. The molecule has 26 heavy (non-hydrogen) atoms. The lowest BCUT2D eigenvalue weighted by Gasteiger charge is -2.06. The van der Waals surface area contributed by atoms with E-state index in [9.17, 15) is 14.9 Å². The number of benzene rings is 2. The first-order valence-electron chi connectivity index (χ1n) is 8.13. The van der Waals surface area contributed by atoms with Crippen molar-refractivity contribution in [1.29, 1.82) is 0 Å². The Labute approximate surface area is 151 Å². The molecule has 0 saturated heterocycles. The smallest absolute Gasteiger partial charge is 0.407 e. The Kier molecular flexibility index (Phi) is 6.73. The summed E-state index contributed by atoms with van der Waals surface area (Å²) in [7, 11) is 0. The number of hydrogen-bond donors (Lipinski definition) is 2. The van der Waals surface area contributed by atoms with E-state index < -0.39 is 11.0 Å². The van der Waals surface area contributed by atoms with Crippen LogP contribution in [0.4, 0.5) is 16.2 Å². The topological polar surface area (TPSA) is 107 Å². The molecule has 0 aliphatic rings. The molecule has 2 rings (SSSR count). The molecule has 0 atom stereocenters. The molecule has 0 bridgehead atoms. The van der Waals surface area contributed by atoms with Gasteiger partial charge in [-0.2, -0.15) is 0 Å². The van der Waals surface area contributed by atoms with Crippen LogP contribution < -0.4 is 11.1 Å². The third-order valence-corrected chi connectivity index (χ3v) is 3.69. The Balaban J connectivity index is 1.77. The van der Waals surface area contributed by atoms with E-state index in [1.165, 1.54) is 6.07 Å². The van der Waals surface area contributed by atoms with E-state index in [0.29, 0.717) is 24.1 Å². The van der Waals surface area contributed by atoms with E-state index in [4.69, 9.17) is 10.5 Å². The molecular formula is C19H21N3O4. The van der Waals surface area contributed by atoms with Crippen LogP contribution in [0.5, 0.6) is 0 Å². The lowest BCUT2D eigenvalue weighted by molar-refractivity contribution is -0.383. The first-order valence-corrected chi connectivity index (χ1v) is 8.13. The lowest BCUT2D eigenvalue weighted by Crippen LogP contribution is -2.24.